The third-order valence-electron chi connectivity index (χ3n) is 2.42. The molecule has 0 atom stereocenters. The summed E-state index contributed by atoms with van der Waals surface area (Å²) in [6, 6.07) is 8.97. The highest BCUT2D eigenvalue weighted by molar-refractivity contribution is 9.11. The minimum atomic E-state index is -3.52. The molecule has 0 aliphatic heterocycles. The maximum Gasteiger partial charge on any atom is 0.242 e. The summed E-state index contributed by atoms with van der Waals surface area (Å²) in [7, 11) is -3.52. The van der Waals surface area contributed by atoms with Crippen molar-refractivity contribution in [3.63, 3.8) is 0 Å². The number of sulfonamides is 1. The second kappa shape index (κ2) is 6.05. The zero-order valence-electron chi connectivity index (χ0n) is 9.98. The Hall–Kier alpha value is -0.210. The van der Waals surface area contributed by atoms with E-state index in [2.05, 4.69) is 36.6 Å². The predicted octanol–water partition coefficient (Wildman–Crippen LogP) is 4.06. The molecule has 0 fully saturated rings. The smallest absolute Gasteiger partial charge is 0.207 e. The molecule has 0 saturated heterocycles. The van der Waals surface area contributed by atoms with Crippen LogP contribution in [0.5, 0.6) is 0 Å². The monoisotopic (exact) mass is 423 g/mol. The maximum atomic E-state index is 12.2. The summed E-state index contributed by atoms with van der Waals surface area (Å²) in [5.41, 5.74) is 0. The summed E-state index contributed by atoms with van der Waals surface area (Å²) in [6.45, 7) is 2.30. The fourth-order valence-electron chi connectivity index (χ4n) is 1.51. The van der Waals surface area contributed by atoms with Crippen LogP contribution in [0.2, 0.25) is 0 Å². The Labute approximate surface area is 133 Å². The van der Waals surface area contributed by atoms with Gasteiger partial charge in [0.25, 0.3) is 0 Å². The second-order valence-electron chi connectivity index (χ2n) is 3.91. The molecule has 0 spiro atoms. The molecule has 102 valence electrons. The minimum Gasteiger partial charge on any atom is -0.207 e. The van der Waals surface area contributed by atoms with Crippen LogP contribution in [0, 0.1) is 6.92 Å². The lowest BCUT2D eigenvalue weighted by atomic mass is 10.4. The second-order valence-corrected chi connectivity index (χ2v) is 8.79. The number of thiophene rings is 1. The number of rotatable bonds is 4. The number of hydrogen-bond donors (Lipinski definition) is 1. The molecule has 0 aliphatic carbocycles. The normalized spacial score (nSPS) is 11.7. The van der Waals surface area contributed by atoms with Crippen LogP contribution in [0.3, 0.4) is 0 Å². The van der Waals surface area contributed by atoms with Gasteiger partial charge in [0, 0.05) is 25.2 Å². The topological polar surface area (TPSA) is 46.2 Å². The zero-order chi connectivity index (χ0) is 14.0. The van der Waals surface area contributed by atoms with E-state index in [4.69, 9.17) is 0 Å². The molecule has 0 saturated carbocycles. The van der Waals surface area contributed by atoms with Crippen LogP contribution in [-0.4, -0.2) is 8.42 Å². The van der Waals surface area contributed by atoms with E-state index in [9.17, 15) is 8.42 Å². The first kappa shape index (κ1) is 15.2. The number of aryl methyl sites for hydroxylation is 1. The highest BCUT2D eigenvalue weighted by Crippen LogP contribution is 2.26. The SMILES string of the molecule is Cc1ccc(CNS(=O)(=O)c2cc(Br)ccc2Br)s1. The zero-order valence-corrected chi connectivity index (χ0v) is 14.8. The van der Waals surface area contributed by atoms with Gasteiger partial charge in [-0.2, -0.15) is 0 Å². The van der Waals surface area contributed by atoms with E-state index in [1.54, 1.807) is 29.5 Å². The van der Waals surface area contributed by atoms with E-state index < -0.39 is 10.0 Å². The highest BCUT2D eigenvalue weighted by atomic mass is 79.9. The number of nitrogens with one attached hydrogen (secondary N) is 1. The molecule has 1 N–H and O–H groups in total. The van der Waals surface area contributed by atoms with Crippen LogP contribution in [-0.2, 0) is 16.6 Å². The highest BCUT2D eigenvalue weighted by Gasteiger charge is 2.17. The Morgan fingerprint density at radius 3 is 2.58 bits per heavy atom. The van der Waals surface area contributed by atoms with E-state index in [0.29, 0.717) is 11.0 Å². The summed E-state index contributed by atoms with van der Waals surface area (Å²) in [5, 5.41) is 0. The lowest BCUT2D eigenvalue weighted by molar-refractivity contribution is 0.581. The Morgan fingerprint density at radius 1 is 1.21 bits per heavy atom. The molecule has 1 heterocycles. The largest absolute Gasteiger partial charge is 0.242 e. The molecule has 0 bridgehead atoms. The number of hydrogen-bond acceptors (Lipinski definition) is 3. The standard InChI is InChI=1S/C12H11Br2NO2S2/c1-8-2-4-10(18-8)7-15-19(16,17)12-6-9(13)3-5-11(12)14/h2-6,15H,7H2,1H3. The molecule has 19 heavy (non-hydrogen) atoms. The van der Waals surface area contributed by atoms with E-state index >= 15 is 0 Å². The van der Waals surface area contributed by atoms with Gasteiger partial charge in [-0.05, 0) is 53.2 Å². The molecule has 0 unspecified atom stereocenters. The number of halogens is 2. The van der Waals surface area contributed by atoms with Crippen LogP contribution in [0.4, 0.5) is 0 Å². The molecular weight excluding hydrogens is 414 g/mol. The van der Waals surface area contributed by atoms with Gasteiger partial charge in [-0.15, -0.1) is 11.3 Å². The van der Waals surface area contributed by atoms with Crippen LogP contribution in [0.25, 0.3) is 0 Å². The van der Waals surface area contributed by atoms with Crippen molar-refractivity contribution in [3.8, 4) is 0 Å². The summed E-state index contributed by atoms with van der Waals surface area (Å²) < 4.78 is 28.3. The van der Waals surface area contributed by atoms with Crippen LogP contribution >= 0.6 is 43.2 Å². The third kappa shape index (κ3) is 3.88. The van der Waals surface area contributed by atoms with Gasteiger partial charge in [-0.1, -0.05) is 15.9 Å². The van der Waals surface area contributed by atoms with Crippen molar-refractivity contribution in [3.05, 3.63) is 49.0 Å². The van der Waals surface area contributed by atoms with Crippen molar-refractivity contribution >= 4 is 53.2 Å². The van der Waals surface area contributed by atoms with Crippen molar-refractivity contribution in [2.24, 2.45) is 0 Å². The summed E-state index contributed by atoms with van der Waals surface area (Å²) >= 11 is 8.12. The first-order chi connectivity index (χ1) is 8.88. The van der Waals surface area contributed by atoms with E-state index in [1.807, 2.05) is 19.1 Å². The van der Waals surface area contributed by atoms with E-state index in [1.165, 1.54) is 0 Å². The van der Waals surface area contributed by atoms with Crippen LogP contribution < -0.4 is 4.72 Å². The Balaban J connectivity index is 2.20. The van der Waals surface area contributed by atoms with Crippen LogP contribution in [0.15, 0.2) is 44.2 Å². The molecule has 1 aromatic heterocycles. The Morgan fingerprint density at radius 2 is 1.95 bits per heavy atom. The van der Waals surface area contributed by atoms with Gasteiger partial charge in [0.05, 0.1) is 4.90 Å². The first-order valence-corrected chi connectivity index (χ1v) is 9.27. The van der Waals surface area contributed by atoms with Gasteiger partial charge in [-0.3, -0.25) is 0 Å². The lowest BCUT2D eigenvalue weighted by Gasteiger charge is -2.08. The summed E-state index contributed by atoms with van der Waals surface area (Å²) in [5.74, 6) is 0. The molecule has 2 rings (SSSR count). The van der Waals surface area contributed by atoms with Crippen molar-refractivity contribution < 1.29 is 8.42 Å². The minimum absolute atomic E-state index is 0.232. The fraction of sp³-hybridized carbons (Fsp3) is 0.167. The van der Waals surface area contributed by atoms with Crippen molar-refractivity contribution in [2.75, 3.05) is 0 Å². The average molecular weight is 425 g/mol. The average Bonchev–Trinajstić information content (AvgIpc) is 2.76. The Kier molecular flexibility index (Phi) is 4.84. The first-order valence-electron chi connectivity index (χ1n) is 5.38. The molecule has 2 aromatic rings. The van der Waals surface area contributed by atoms with Gasteiger partial charge in [0.15, 0.2) is 0 Å². The fourth-order valence-corrected chi connectivity index (χ4v) is 4.94. The molecule has 0 aliphatic rings. The van der Waals surface area contributed by atoms with Gasteiger partial charge in [-0.25, -0.2) is 13.1 Å². The van der Waals surface area contributed by atoms with Crippen molar-refractivity contribution in [2.45, 2.75) is 18.4 Å². The van der Waals surface area contributed by atoms with E-state index in [-0.39, 0.29) is 4.90 Å². The van der Waals surface area contributed by atoms with E-state index in [0.717, 1.165) is 14.2 Å². The summed E-state index contributed by atoms with van der Waals surface area (Å²) in [4.78, 5) is 2.39. The van der Waals surface area contributed by atoms with Gasteiger partial charge >= 0.3 is 0 Å². The molecule has 0 amide bonds. The maximum absolute atomic E-state index is 12.2. The van der Waals surface area contributed by atoms with Crippen molar-refractivity contribution in [1.82, 2.24) is 4.72 Å². The molecule has 0 radical (unpaired) electrons. The van der Waals surface area contributed by atoms with Crippen molar-refractivity contribution in [1.29, 1.82) is 0 Å². The predicted molar refractivity (Wildman–Crippen MR) is 84.9 cm³/mol. The molecule has 7 heteroatoms. The molecular formula is C12H11Br2NO2S2. The molecule has 1 aromatic carbocycles. The third-order valence-corrected chi connectivity index (χ3v) is 6.30. The van der Waals surface area contributed by atoms with Gasteiger partial charge < -0.3 is 0 Å². The van der Waals surface area contributed by atoms with Gasteiger partial charge in [0.2, 0.25) is 10.0 Å². The Bertz CT molecular complexity index is 696. The summed E-state index contributed by atoms with van der Waals surface area (Å²) in [6.07, 6.45) is 0. The number of benzene rings is 1. The molecule has 3 nitrogen and oxygen atoms in total. The van der Waals surface area contributed by atoms with Gasteiger partial charge in [0.1, 0.15) is 0 Å². The quantitative estimate of drug-likeness (QED) is 0.804. The lowest BCUT2D eigenvalue weighted by Crippen LogP contribution is -2.23. The van der Waals surface area contributed by atoms with Crippen LogP contribution in [0.1, 0.15) is 9.75 Å².